The normalized spacial score (nSPS) is 22.7. The molecule has 10 heteroatoms. The Morgan fingerprint density at radius 3 is 2.54 bits per heavy atom. The second-order valence-corrected chi connectivity index (χ2v) is 10.4. The first kappa shape index (κ1) is 26.7. The lowest BCUT2D eigenvalue weighted by atomic mass is 9.77. The van der Waals surface area contributed by atoms with E-state index in [1.807, 2.05) is 12.1 Å². The predicted molar refractivity (Wildman–Crippen MR) is 143 cm³/mol. The fourth-order valence-corrected chi connectivity index (χ4v) is 5.24. The van der Waals surface area contributed by atoms with Crippen molar-refractivity contribution < 1.29 is 29.0 Å². The van der Waals surface area contributed by atoms with Gasteiger partial charge in [0.15, 0.2) is 5.60 Å². The minimum atomic E-state index is -1.68. The topological polar surface area (TPSA) is 144 Å². The van der Waals surface area contributed by atoms with Gasteiger partial charge in [0.05, 0.1) is 7.11 Å². The molecule has 2 aromatic rings. The summed E-state index contributed by atoms with van der Waals surface area (Å²) in [5.74, 6) is -0.0763. The van der Waals surface area contributed by atoms with Gasteiger partial charge in [-0.25, -0.2) is 4.79 Å². The van der Waals surface area contributed by atoms with Crippen LogP contribution in [-0.4, -0.2) is 59.6 Å². The summed E-state index contributed by atoms with van der Waals surface area (Å²) in [5.41, 5.74) is 7.14. The number of amidine groups is 1. The number of nitrogens with zero attached hydrogens (tertiary/aromatic N) is 2. The maximum Gasteiger partial charge on any atom is 0.435 e. The molecule has 3 amide bonds. The Balaban J connectivity index is 1.18. The van der Waals surface area contributed by atoms with Gasteiger partial charge in [-0.05, 0) is 73.8 Å². The number of carbonyl (C=O) groups excluding carboxylic acids is 3. The van der Waals surface area contributed by atoms with E-state index in [0.717, 1.165) is 36.8 Å². The number of aliphatic hydroxyl groups is 1. The Hall–Kier alpha value is -3.92. The van der Waals surface area contributed by atoms with Crippen LogP contribution in [0.5, 0.6) is 5.75 Å². The van der Waals surface area contributed by atoms with Crippen molar-refractivity contribution >= 4 is 23.7 Å². The smallest absolute Gasteiger partial charge is 0.435 e. The molecule has 2 aromatic carbocycles. The second-order valence-electron chi connectivity index (χ2n) is 10.4. The number of rotatable bonds is 7. The molecule has 2 atom stereocenters. The van der Waals surface area contributed by atoms with Crippen LogP contribution >= 0.6 is 0 Å². The number of amides is 3. The maximum atomic E-state index is 13.5. The van der Waals surface area contributed by atoms with Gasteiger partial charge in [-0.15, -0.1) is 0 Å². The Kier molecular flexibility index (Phi) is 7.56. The van der Waals surface area contributed by atoms with E-state index in [9.17, 15) is 19.5 Å². The molecule has 5 rings (SSSR count). The third-order valence-corrected chi connectivity index (χ3v) is 7.93. The number of ether oxygens (including phenoxy) is 2. The lowest BCUT2D eigenvalue weighted by molar-refractivity contribution is -0.166. The van der Waals surface area contributed by atoms with Gasteiger partial charge < -0.3 is 30.5 Å². The number of carbonyl (C=O) groups is 3. The first-order valence-electron chi connectivity index (χ1n) is 13.4. The Morgan fingerprint density at radius 2 is 1.90 bits per heavy atom. The van der Waals surface area contributed by atoms with Gasteiger partial charge >= 0.3 is 6.09 Å². The van der Waals surface area contributed by atoms with E-state index < -0.39 is 23.6 Å². The van der Waals surface area contributed by atoms with Gasteiger partial charge in [0.1, 0.15) is 23.7 Å². The fourth-order valence-electron chi connectivity index (χ4n) is 5.24. The van der Waals surface area contributed by atoms with E-state index in [2.05, 4.69) is 10.3 Å². The summed E-state index contributed by atoms with van der Waals surface area (Å²) in [6.45, 7) is 0.664. The minimum Gasteiger partial charge on any atom is -0.497 e. The number of fused-ring (bicyclic) bond motifs is 1. The average Bonchev–Trinajstić information content (AvgIpc) is 2.89. The van der Waals surface area contributed by atoms with Gasteiger partial charge in [0, 0.05) is 18.7 Å². The number of hydrogen-bond donors (Lipinski definition) is 3. The van der Waals surface area contributed by atoms with Crippen LogP contribution in [0.25, 0.3) is 0 Å². The van der Waals surface area contributed by atoms with Crippen molar-refractivity contribution in [3.63, 3.8) is 0 Å². The first-order chi connectivity index (χ1) is 18.8. The number of methoxy groups -OCH3 is 1. The van der Waals surface area contributed by atoms with Crippen molar-refractivity contribution in [1.82, 2.24) is 10.2 Å². The molecule has 206 valence electrons. The molecule has 1 saturated carbocycles. The van der Waals surface area contributed by atoms with Crippen LogP contribution in [0.15, 0.2) is 47.5 Å². The first-order valence-corrected chi connectivity index (χ1v) is 13.4. The molecule has 1 aliphatic heterocycles. The van der Waals surface area contributed by atoms with Crippen molar-refractivity contribution in [2.75, 3.05) is 13.7 Å². The summed E-state index contributed by atoms with van der Waals surface area (Å²) in [4.78, 5) is 43.6. The molecule has 2 aliphatic carbocycles. The Morgan fingerprint density at radius 1 is 1.13 bits per heavy atom. The summed E-state index contributed by atoms with van der Waals surface area (Å²) in [5, 5.41) is 14.4. The van der Waals surface area contributed by atoms with Crippen molar-refractivity contribution in [2.45, 2.75) is 69.2 Å². The summed E-state index contributed by atoms with van der Waals surface area (Å²) in [7, 11) is 1.55. The van der Waals surface area contributed by atoms with Gasteiger partial charge in [-0.3, -0.25) is 9.59 Å². The van der Waals surface area contributed by atoms with E-state index in [0.29, 0.717) is 42.7 Å². The molecule has 2 unspecified atom stereocenters. The monoisotopic (exact) mass is 534 g/mol. The number of benzene rings is 2. The molecule has 1 saturated heterocycles. The van der Waals surface area contributed by atoms with Gasteiger partial charge in [-0.1, -0.05) is 30.3 Å². The number of aryl methyl sites for hydroxylation is 1. The van der Waals surface area contributed by atoms with Gasteiger partial charge in [-0.2, -0.15) is 4.99 Å². The SMILES string of the molecule is COc1ccc2c(c1)C(O)(C(=O)N1CCC1C(=O)NCc1ccc(/C(N)=N/C(=O)OC3CCC3)cc1)CCC2. The van der Waals surface area contributed by atoms with Gasteiger partial charge in [0.2, 0.25) is 5.91 Å². The van der Waals surface area contributed by atoms with E-state index in [1.54, 1.807) is 37.4 Å². The molecule has 4 N–H and O–H groups in total. The number of aliphatic imine (C=N–C) groups is 1. The molecule has 0 aromatic heterocycles. The third kappa shape index (κ3) is 5.47. The summed E-state index contributed by atoms with van der Waals surface area (Å²) in [6, 6.07) is 11.8. The molecular weight excluding hydrogens is 500 g/mol. The van der Waals surface area contributed by atoms with Crippen molar-refractivity contribution in [3.05, 3.63) is 64.7 Å². The Labute approximate surface area is 227 Å². The lowest BCUT2D eigenvalue weighted by Crippen LogP contribution is -2.62. The number of nitrogens with one attached hydrogen (secondary N) is 1. The largest absolute Gasteiger partial charge is 0.497 e. The second kappa shape index (κ2) is 11.1. The van der Waals surface area contributed by atoms with E-state index in [1.165, 1.54) is 4.90 Å². The van der Waals surface area contributed by atoms with Crippen LogP contribution in [0.2, 0.25) is 0 Å². The van der Waals surface area contributed by atoms with Crippen LogP contribution in [-0.2, 0) is 32.9 Å². The highest BCUT2D eigenvalue weighted by atomic mass is 16.6. The lowest BCUT2D eigenvalue weighted by Gasteiger charge is -2.45. The molecule has 0 spiro atoms. The van der Waals surface area contributed by atoms with E-state index in [4.69, 9.17) is 15.2 Å². The van der Waals surface area contributed by atoms with Crippen LogP contribution < -0.4 is 15.8 Å². The number of likely N-dealkylation sites (tertiary alicyclic amines) is 1. The zero-order chi connectivity index (χ0) is 27.6. The van der Waals surface area contributed by atoms with Crippen LogP contribution in [0.3, 0.4) is 0 Å². The number of nitrogens with two attached hydrogens (primary N) is 1. The summed E-state index contributed by atoms with van der Waals surface area (Å²) >= 11 is 0. The van der Waals surface area contributed by atoms with Crippen molar-refractivity contribution in [1.29, 1.82) is 0 Å². The van der Waals surface area contributed by atoms with Crippen molar-refractivity contribution in [2.24, 2.45) is 10.7 Å². The standard InChI is InChI=1S/C29H34N4O6/c1-38-22-12-11-19-4-3-14-29(37,23(19)16-22)27(35)33-15-13-24(33)26(34)31-17-18-7-9-20(10-8-18)25(30)32-28(36)39-21-5-2-6-21/h7-12,16,21,24,37H,2-6,13-15,17H2,1H3,(H,31,34)(H2,30,32,36). The van der Waals surface area contributed by atoms with E-state index in [-0.39, 0.29) is 24.4 Å². The zero-order valence-electron chi connectivity index (χ0n) is 22.0. The molecule has 3 aliphatic rings. The third-order valence-electron chi connectivity index (χ3n) is 7.93. The van der Waals surface area contributed by atoms with Crippen LogP contribution in [0.1, 0.15) is 60.8 Å². The van der Waals surface area contributed by atoms with Gasteiger partial charge in [0.25, 0.3) is 5.91 Å². The maximum absolute atomic E-state index is 13.5. The molecular formula is C29H34N4O6. The molecule has 1 heterocycles. The highest BCUT2D eigenvalue weighted by Gasteiger charge is 2.49. The molecule has 39 heavy (non-hydrogen) atoms. The Bertz CT molecular complexity index is 1290. The van der Waals surface area contributed by atoms with Crippen molar-refractivity contribution in [3.8, 4) is 5.75 Å². The van der Waals surface area contributed by atoms with E-state index >= 15 is 0 Å². The molecule has 0 radical (unpaired) electrons. The summed E-state index contributed by atoms with van der Waals surface area (Å²) < 4.78 is 10.5. The highest BCUT2D eigenvalue weighted by Crippen LogP contribution is 2.40. The highest BCUT2D eigenvalue weighted by molar-refractivity contribution is 6.02. The predicted octanol–water partition coefficient (Wildman–Crippen LogP) is 2.53. The quantitative estimate of drug-likeness (QED) is 0.366. The zero-order valence-corrected chi connectivity index (χ0v) is 22.0. The minimum absolute atomic E-state index is 0.0631. The molecule has 2 fully saturated rings. The summed E-state index contributed by atoms with van der Waals surface area (Å²) in [6.07, 6.45) is 4.31. The molecule has 10 nitrogen and oxygen atoms in total. The average molecular weight is 535 g/mol. The van der Waals surface area contributed by atoms with Crippen LogP contribution in [0.4, 0.5) is 4.79 Å². The fraction of sp³-hybridized carbons (Fsp3) is 0.448. The number of hydrogen-bond acceptors (Lipinski definition) is 6. The van der Waals surface area contributed by atoms with Crippen LogP contribution in [0, 0.1) is 0 Å². The molecule has 0 bridgehead atoms.